The molecule has 0 heterocycles. The maximum Gasteiger partial charge on any atom is 0.124 e. The van der Waals surface area contributed by atoms with E-state index in [4.69, 9.17) is 0 Å². The van der Waals surface area contributed by atoms with Gasteiger partial charge in [0.2, 0.25) is 0 Å². The first-order valence-electron chi connectivity index (χ1n) is 7.55. The second-order valence-corrected chi connectivity index (χ2v) is 7.72. The van der Waals surface area contributed by atoms with Crippen LogP contribution in [0, 0.1) is 23.1 Å². The van der Waals surface area contributed by atoms with E-state index in [-0.39, 0.29) is 11.2 Å². The van der Waals surface area contributed by atoms with Crippen molar-refractivity contribution in [1.82, 2.24) is 5.32 Å². The fourth-order valence-corrected chi connectivity index (χ4v) is 3.37. The highest BCUT2D eigenvalue weighted by Crippen LogP contribution is 2.47. The molecule has 1 saturated carbocycles. The molecule has 1 nitrogen and oxygen atoms in total. The molecule has 1 aromatic rings. The van der Waals surface area contributed by atoms with Crippen molar-refractivity contribution < 1.29 is 4.39 Å². The van der Waals surface area contributed by atoms with Crippen LogP contribution in [0.5, 0.6) is 0 Å². The number of nitrogens with one attached hydrogen (secondary N) is 1. The predicted octanol–water partition coefficient (Wildman–Crippen LogP) is 4.79. The van der Waals surface area contributed by atoms with Crippen LogP contribution in [0.4, 0.5) is 4.39 Å². The zero-order chi connectivity index (χ0) is 14.8. The zero-order valence-electron chi connectivity index (χ0n) is 12.7. The van der Waals surface area contributed by atoms with Crippen LogP contribution in [-0.2, 0) is 6.42 Å². The van der Waals surface area contributed by atoms with Gasteiger partial charge in [0.15, 0.2) is 0 Å². The van der Waals surface area contributed by atoms with Gasteiger partial charge in [0.25, 0.3) is 0 Å². The van der Waals surface area contributed by atoms with Crippen LogP contribution in [0.15, 0.2) is 22.7 Å². The molecule has 1 N–H and O–H groups in total. The lowest BCUT2D eigenvalue weighted by atomic mass is 9.78. The van der Waals surface area contributed by atoms with Gasteiger partial charge in [-0.1, -0.05) is 42.8 Å². The van der Waals surface area contributed by atoms with Gasteiger partial charge < -0.3 is 5.32 Å². The summed E-state index contributed by atoms with van der Waals surface area (Å²) < 4.78 is 14.1. The highest BCUT2D eigenvalue weighted by atomic mass is 79.9. The van der Waals surface area contributed by atoms with Crippen molar-refractivity contribution in [3.05, 3.63) is 34.1 Å². The van der Waals surface area contributed by atoms with Crippen LogP contribution in [0.1, 0.15) is 39.2 Å². The Morgan fingerprint density at radius 2 is 2.10 bits per heavy atom. The second-order valence-electron chi connectivity index (χ2n) is 6.87. The highest BCUT2D eigenvalue weighted by Gasteiger charge is 2.41. The molecule has 1 atom stereocenters. The molecule has 0 aromatic heterocycles. The molecule has 0 aliphatic heterocycles. The van der Waals surface area contributed by atoms with Crippen molar-refractivity contribution in [3.63, 3.8) is 0 Å². The Morgan fingerprint density at radius 1 is 1.40 bits per heavy atom. The topological polar surface area (TPSA) is 12.0 Å². The number of halogens is 2. The predicted molar refractivity (Wildman–Crippen MR) is 86.3 cm³/mol. The molecular formula is C17H25BrFN. The van der Waals surface area contributed by atoms with Gasteiger partial charge in [-0.15, -0.1) is 0 Å². The Kier molecular flexibility index (Phi) is 5.25. The Balaban J connectivity index is 2.04. The summed E-state index contributed by atoms with van der Waals surface area (Å²) in [6, 6.07) is 5.06. The van der Waals surface area contributed by atoms with E-state index < -0.39 is 0 Å². The summed E-state index contributed by atoms with van der Waals surface area (Å²) >= 11 is 3.50. The molecule has 0 bridgehead atoms. The van der Waals surface area contributed by atoms with Gasteiger partial charge in [-0.3, -0.25) is 0 Å². The summed E-state index contributed by atoms with van der Waals surface area (Å²) in [6.07, 6.45) is 3.67. The van der Waals surface area contributed by atoms with E-state index in [0.29, 0.717) is 5.92 Å². The van der Waals surface area contributed by atoms with Gasteiger partial charge >= 0.3 is 0 Å². The van der Waals surface area contributed by atoms with E-state index in [1.165, 1.54) is 18.4 Å². The van der Waals surface area contributed by atoms with E-state index in [9.17, 15) is 4.39 Å². The fraction of sp³-hybridized carbons (Fsp3) is 0.647. The number of hydrogen-bond donors (Lipinski definition) is 1. The monoisotopic (exact) mass is 341 g/mol. The Labute approximate surface area is 130 Å². The molecule has 112 valence electrons. The van der Waals surface area contributed by atoms with E-state index in [0.717, 1.165) is 29.9 Å². The van der Waals surface area contributed by atoms with Crippen molar-refractivity contribution in [2.75, 3.05) is 13.1 Å². The normalized spacial score (nSPS) is 18.3. The van der Waals surface area contributed by atoms with Crippen molar-refractivity contribution in [1.29, 1.82) is 0 Å². The van der Waals surface area contributed by atoms with Crippen molar-refractivity contribution in [2.24, 2.45) is 17.3 Å². The summed E-state index contributed by atoms with van der Waals surface area (Å²) in [4.78, 5) is 0. The summed E-state index contributed by atoms with van der Waals surface area (Å²) in [6.45, 7) is 8.94. The van der Waals surface area contributed by atoms with Crippen LogP contribution in [0.2, 0.25) is 0 Å². The summed E-state index contributed by atoms with van der Waals surface area (Å²) in [5.74, 6) is 1.31. The molecule has 2 rings (SSSR count). The maximum atomic E-state index is 13.2. The Morgan fingerprint density at radius 3 is 2.65 bits per heavy atom. The Hall–Kier alpha value is -0.410. The highest BCUT2D eigenvalue weighted by molar-refractivity contribution is 9.10. The van der Waals surface area contributed by atoms with Crippen LogP contribution in [-0.4, -0.2) is 13.1 Å². The molecule has 1 unspecified atom stereocenters. The molecule has 3 heteroatoms. The molecule has 0 amide bonds. The molecular weight excluding hydrogens is 317 g/mol. The number of rotatable bonds is 7. The van der Waals surface area contributed by atoms with E-state index in [2.05, 4.69) is 42.0 Å². The quantitative estimate of drug-likeness (QED) is 0.751. The first kappa shape index (κ1) is 16.0. The number of hydrogen-bond acceptors (Lipinski definition) is 1. The summed E-state index contributed by atoms with van der Waals surface area (Å²) in [7, 11) is 0. The molecule has 0 saturated heterocycles. The molecule has 1 aromatic carbocycles. The average molecular weight is 342 g/mol. The fourth-order valence-electron chi connectivity index (χ4n) is 2.88. The molecule has 1 aliphatic carbocycles. The third-order valence-corrected chi connectivity index (χ3v) is 4.99. The SMILES string of the molecule is CC(C)CNCC(C)(Cc1ccc(F)cc1Br)C1CC1. The molecule has 0 radical (unpaired) electrons. The van der Waals surface area contributed by atoms with Crippen LogP contribution < -0.4 is 5.32 Å². The third-order valence-electron chi connectivity index (χ3n) is 4.25. The third kappa shape index (κ3) is 4.29. The largest absolute Gasteiger partial charge is 0.316 e. The van der Waals surface area contributed by atoms with Gasteiger partial charge in [-0.25, -0.2) is 4.39 Å². The number of benzene rings is 1. The van der Waals surface area contributed by atoms with E-state index in [1.807, 2.05) is 6.07 Å². The lowest BCUT2D eigenvalue weighted by molar-refractivity contribution is 0.251. The van der Waals surface area contributed by atoms with Crippen molar-refractivity contribution >= 4 is 15.9 Å². The summed E-state index contributed by atoms with van der Waals surface area (Å²) in [5.41, 5.74) is 1.49. The smallest absolute Gasteiger partial charge is 0.124 e. The maximum absolute atomic E-state index is 13.2. The minimum Gasteiger partial charge on any atom is -0.316 e. The van der Waals surface area contributed by atoms with Gasteiger partial charge in [-0.05, 0) is 60.8 Å². The lowest BCUT2D eigenvalue weighted by Gasteiger charge is -2.31. The average Bonchev–Trinajstić information content (AvgIpc) is 3.17. The van der Waals surface area contributed by atoms with Crippen LogP contribution >= 0.6 is 15.9 Å². The van der Waals surface area contributed by atoms with Gasteiger partial charge in [0.05, 0.1) is 0 Å². The molecule has 1 fully saturated rings. The van der Waals surface area contributed by atoms with E-state index in [1.54, 1.807) is 12.1 Å². The van der Waals surface area contributed by atoms with Gasteiger partial charge in [0, 0.05) is 11.0 Å². The van der Waals surface area contributed by atoms with Crippen LogP contribution in [0.3, 0.4) is 0 Å². The van der Waals surface area contributed by atoms with Crippen molar-refractivity contribution in [3.8, 4) is 0 Å². The second kappa shape index (κ2) is 6.57. The standard InChI is InChI=1S/C17H25BrFN/c1-12(2)10-20-11-17(3,14-5-6-14)9-13-4-7-15(19)8-16(13)18/h4,7-8,12,14,20H,5-6,9-11H2,1-3H3. The first-order valence-corrected chi connectivity index (χ1v) is 8.34. The van der Waals surface area contributed by atoms with Crippen molar-refractivity contribution in [2.45, 2.75) is 40.0 Å². The molecule has 20 heavy (non-hydrogen) atoms. The zero-order valence-corrected chi connectivity index (χ0v) is 14.3. The first-order chi connectivity index (χ1) is 9.40. The summed E-state index contributed by atoms with van der Waals surface area (Å²) in [5, 5.41) is 3.61. The molecule has 1 aliphatic rings. The van der Waals surface area contributed by atoms with Gasteiger partial charge in [-0.2, -0.15) is 0 Å². The lowest BCUT2D eigenvalue weighted by Crippen LogP contribution is -2.37. The minimum atomic E-state index is -0.174. The minimum absolute atomic E-state index is 0.174. The molecule has 0 spiro atoms. The Bertz CT molecular complexity index is 456. The van der Waals surface area contributed by atoms with E-state index >= 15 is 0 Å². The van der Waals surface area contributed by atoms with Gasteiger partial charge in [0.1, 0.15) is 5.82 Å². The van der Waals surface area contributed by atoms with Crippen LogP contribution in [0.25, 0.3) is 0 Å².